The van der Waals surface area contributed by atoms with Gasteiger partial charge >= 0.3 is 0 Å². The second kappa shape index (κ2) is 5.53. The molecule has 1 saturated carbocycles. The van der Waals surface area contributed by atoms with Gasteiger partial charge in [0.15, 0.2) is 0 Å². The van der Waals surface area contributed by atoms with Crippen molar-refractivity contribution in [1.82, 2.24) is 19.5 Å². The number of hydrogen-bond donors (Lipinski definition) is 1. The molecular formula is C13H15FN4O2S. The van der Waals surface area contributed by atoms with Crippen molar-refractivity contribution in [3.8, 4) is 0 Å². The summed E-state index contributed by atoms with van der Waals surface area (Å²) in [5, 5.41) is 7.84. The maximum atomic E-state index is 13.5. The molecule has 21 heavy (non-hydrogen) atoms. The van der Waals surface area contributed by atoms with Crippen molar-refractivity contribution in [1.29, 1.82) is 0 Å². The number of nitrogens with zero attached hydrogens (tertiary/aromatic N) is 3. The summed E-state index contributed by atoms with van der Waals surface area (Å²) in [4.78, 5) is -0.339. The van der Waals surface area contributed by atoms with E-state index < -0.39 is 15.8 Å². The Morgan fingerprint density at radius 1 is 1.33 bits per heavy atom. The van der Waals surface area contributed by atoms with Crippen molar-refractivity contribution >= 4 is 10.0 Å². The van der Waals surface area contributed by atoms with Crippen molar-refractivity contribution in [2.75, 3.05) is 6.54 Å². The average molecular weight is 310 g/mol. The summed E-state index contributed by atoms with van der Waals surface area (Å²) in [6, 6.07) is 5.74. The number of rotatable bonds is 6. The van der Waals surface area contributed by atoms with E-state index in [9.17, 15) is 12.8 Å². The number of aromatic nitrogens is 3. The lowest BCUT2D eigenvalue weighted by atomic mass is 10.3. The summed E-state index contributed by atoms with van der Waals surface area (Å²) in [6.45, 7) is 0.155. The van der Waals surface area contributed by atoms with Crippen LogP contribution in [0.25, 0.3) is 0 Å². The summed E-state index contributed by atoms with van der Waals surface area (Å²) >= 11 is 0. The van der Waals surface area contributed by atoms with Gasteiger partial charge in [-0.25, -0.2) is 17.5 Å². The summed E-state index contributed by atoms with van der Waals surface area (Å²) in [7, 11) is -3.84. The van der Waals surface area contributed by atoms with Crippen molar-refractivity contribution < 1.29 is 12.8 Å². The molecule has 0 spiro atoms. The smallest absolute Gasteiger partial charge is 0.243 e. The Labute approximate surface area is 122 Å². The molecule has 0 atom stereocenters. The number of halogens is 1. The fourth-order valence-corrected chi connectivity index (χ4v) is 3.25. The van der Waals surface area contributed by atoms with E-state index in [1.54, 1.807) is 6.33 Å². The second-order valence-electron chi connectivity index (χ2n) is 4.96. The first-order chi connectivity index (χ1) is 10.1. The lowest BCUT2D eigenvalue weighted by Crippen LogP contribution is -2.27. The van der Waals surface area contributed by atoms with Gasteiger partial charge in [-0.2, -0.15) is 0 Å². The molecule has 0 bridgehead atoms. The van der Waals surface area contributed by atoms with Crippen LogP contribution < -0.4 is 4.72 Å². The molecule has 112 valence electrons. The highest BCUT2D eigenvalue weighted by atomic mass is 32.2. The average Bonchev–Trinajstić information content (AvgIpc) is 3.19. The Kier molecular flexibility index (Phi) is 3.73. The van der Waals surface area contributed by atoms with Crippen molar-refractivity contribution in [2.24, 2.45) is 0 Å². The van der Waals surface area contributed by atoms with Gasteiger partial charge in [0, 0.05) is 19.0 Å². The quantitative estimate of drug-likeness (QED) is 0.872. The molecule has 1 fully saturated rings. The molecular weight excluding hydrogens is 295 g/mol. The molecule has 1 aromatic carbocycles. The first-order valence-electron chi connectivity index (χ1n) is 6.70. The summed E-state index contributed by atoms with van der Waals surface area (Å²) in [6.07, 6.45) is 4.29. The van der Waals surface area contributed by atoms with Crippen LogP contribution in [0.2, 0.25) is 0 Å². The topological polar surface area (TPSA) is 76.9 Å². The van der Waals surface area contributed by atoms with Gasteiger partial charge in [0.1, 0.15) is 22.9 Å². The van der Waals surface area contributed by atoms with E-state index in [2.05, 4.69) is 14.9 Å². The predicted octanol–water partition coefficient (Wildman–Crippen LogP) is 1.27. The van der Waals surface area contributed by atoms with Crippen LogP contribution in [-0.4, -0.2) is 29.7 Å². The van der Waals surface area contributed by atoms with Gasteiger partial charge in [0.05, 0.1) is 0 Å². The minimum Gasteiger partial charge on any atom is -0.314 e. The Hall–Kier alpha value is -1.80. The van der Waals surface area contributed by atoms with Gasteiger partial charge in [-0.3, -0.25) is 0 Å². The van der Waals surface area contributed by atoms with Crippen LogP contribution in [0, 0.1) is 5.82 Å². The Bertz CT molecular complexity index is 740. The second-order valence-corrected chi connectivity index (χ2v) is 6.70. The summed E-state index contributed by atoms with van der Waals surface area (Å²) in [5.74, 6) is -0.0140. The molecule has 1 heterocycles. The molecule has 1 aliphatic carbocycles. The van der Waals surface area contributed by atoms with Crippen molar-refractivity contribution in [3.63, 3.8) is 0 Å². The maximum absolute atomic E-state index is 13.5. The minimum absolute atomic E-state index is 0.155. The predicted molar refractivity (Wildman–Crippen MR) is 73.6 cm³/mol. The van der Waals surface area contributed by atoms with E-state index in [-0.39, 0.29) is 11.4 Å². The van der Waals surface area contributed by atoms with Crippen LogP contribution in [0.4, 0.5) is 4.39 Å². The van der Waals surface area contributed by atoms with Gasteiger partial charge in [0.2, 0.25) is 10.0 Å². The zero-order chi connectivity index (χ0) is 14.9. The molecule has 0 radical (unpaired) electrons. The van der Waals surface area contributed by atoms with Gasteiger partial charge in [-0.05, 0) is 25.0 Å². The number of hydrogen-bond acceptors (Lipinski definition) is 4. The molecule has 0 amide bonds. The minimum atomic E-state index is -3.84. The van der Waals surface area contributed by atoms with E-state index in [0.717, 1.165) is 24.7 Å². The molecule has 1 N–H and O–H groups in total. The standard InChI is InChI=1S/C13H15FN4O2S/c14-11-3-1-2-4-12(11)21(19,20)16-8-7-13-17-15-9-18(13)10-5-6-10/h1-4,9-10,16H,5-8H2. The first kappa shape index (κ1) is 14.2. The third kappa shape index (κ3) is 3.11. The Balaban J connectivity index is 1.64. The van der Waals surface area contributed by atoms with Crippen molar-refractivity contribution in [3.05, 3.63) is 42.2 Å². The SMILES string of the molecule is O=S(=O)(NCCc1nncn1C1CC1)c1ccccc1F. The molecule has 3 rings (SSSR count). The van der Waals surface area contributed by atoms with E-state index in [0.29, 0.717) is 12.5 Å². The largest absolute Gasteiger partial charge is 0.314 e. The van der Waals surface area contributed by atoms with Gasteiger partial charge < -0.3 is 4.57 Å². The van der Waals surface area contributed by atoms with Crippen LogP contribution in [-0.2, 0) is 16.4 Å². The third-order valence-corrected chi connectivity index (χ3v) is 4.85. The molecule has 8 heteroatoms. The maximum Gasteiger partial charge on any atom is 0.243 e. The highest BCUT2D eigenvalue weighted by molar-refractivity contribution is 7.89. The normalized spacial score (nSPS) is 15.3. The Morgan fingerprint density at radius 2 is 2.10 bits per heavy atom. The molecule has 0 unspecified atom stereocenters. The van der Waals surface area contributed by atoms with E-state index in [1.807, 2.05) is 4.57 Å². The molecule has 1 aromatic heterocycles. The molecule has 6 nitrogen and oxygen atoms in total. The van der Waals surface area contributed by atoms with Crippen LogP contribution in [0.5, 0.6) is 0 Å². The molecule has 2 aromatic rings. The van der Waals surface area contributed by atoms with E-state index in [1.165, 1.54) is 18.2 Å². The lowest BCUT2D eigenvalue weighted by molar-refractivity contribution is 0.555. The number of nitrogens with one attached hydrogen (secondary N) is 1. The van der Waals surface area contributed by atoms with Gasteiger partial charge in [-0.15, -0.1) is 10.2 Å². The number of sulfonamides is 1. The first-order valence-corrected chi connectivity index (χ1v) is 8.19. The van der Waals surface area contributed by atoms with Crippen LogP contribution >= 0.6 is 0 Å². The highest BCUT2D eigenvalue weighted by Gasteiger charge is 2.26. The summed E-state index contributed by atoms with van der Waals surface area (Å²) < 4.78 is 41.9. The monoisotopic (exact) mass is 310 g/mol. The fraction of sp³-hybridized carbons (Fsp3) is 0.385. The van der Waals surface area contributed by atoms with Gasteiger partial charge in [0.25, 0.3) is 0 Å². The fourth-order valence-electron chi connectivity index (χ4n) is 2.14. The highest BCUT2D eigenvalue weighted by Crippen LogP contribution is 2.35. The molecule has 0 aliphatic heterocycles. The van der Waals surface area contributed by atoms with E-state index in [4.69, 9.17) is 0 Å². The number of benzene rings is 1. The summed E-state index contributed by atoms with van der Waals surface area (Å²) in [5.41, 5.74) is 0. The van der Waals surface area contributed by atoms with E-state index >= 15 is 0 Å². The van der Waals surface area contributed by atoms with Gasteiger partial charge in [-0.1, -0.05) is 12.1 Å². The van der Waals surface area contributed by atoms with Crippen LogP contribution in [0.1, 0.15) is 24.7 Å². The molecule has 0 saturated heterocycles. The van der Waals surface area contributed by atoms with Crippen LogP contribution in [0.3, 0.4) is 0 Å². The van der Waals surface area contributed by atoms with Crippen molar-refractivity contribution in [2.45, 2.75) is 30.2 Å². The zero-order valence-corrected chi connectivity index (χ0v) is 12.1. The molecule has 1 aliphatic rings. The third-order valence-electron chi connectivity index (χ3n) is 3.35. The lowest BCUT2D eigenvalue weighted by Gasteiger charge is -2.08. The Morgan fingerprint density at radius 3 is 2.81 bits per heavy atom. The van der Waals surface area contributed by atoms with Crippen LogP contribution in [0.15, 0.2) is 35.5 Å². The zero-order valence-electron chi connectivity index (χ0n) is 11.2.